The molecule has 0 bridgehead atoms. The summed E-state index contributed by atoms with van der Waals surface area (Å²) in [5, 5.41) is 4.78. The Bertz CT molecular complexity index is 1020. The summed E-state index contributed by atoms with van der Waals surface area (Å²) in [5.74, 6) is 1.29. The molecule has 144 valence electrons. The van der Waals surface area contributed by atoms with E-state index in [4.69, 9.17) is 4.74 Å². The topological polar surface area (TPSA) is 68.3 Å². The van der Waals surface area contributed by atoms with Crippen LogP contribution < -0.4 is 10.1 Å². The van der Waals surface area contributed by atoms with Crippen LogP contribution in [0.25, 0.3) is 10.9 Å². The van der Waals surface area contributed by atoms with Gasteiger partial charge in [0.2, 0.25) is 5.91 Å². The molecule has 0 spiro atoms. The maximum atomic E-state index is 12.2. The molecule has 28 heavy (non-hydrogen) atoms. The number of ketones is 1. The molecule has 0 radical (unpaired) electrons. The number of nitrogens with zero attached hydrogens (tertiary/aromatic N) is 1. The number of benzene rings is 2. The summed E-state index contributed by atoms with van der Waals surface area (Å²) in [6.45, 7) is 3.56. The van der Waals surface area contributed by atoms with E-state index in [1.54, 1.807) is 43.1 Å². The Morgan fingerprint density at radius 3 is 2.57 bits per heavy atom. The molecule has 0 aliphatic heterocycles. The van der Waals surface area contributed by atoms with Crippen LogP contribution in [-0.4, -0.2) is 29.5 Å². The average Bonchev–Trinajstić information content (AvgIpc) is 2.68. The minimum atomic E-state index is -0.0711. The molecule has 0 aliphatic rings. The van der Waals surface area contributed by atoms with Crippen molar-refractivity contribution in [2.24, 2.45) is 0 Å². The first-order valence-corrected chi connectivity index (χ1v) is 9.94. The highest BCUT2D eigenvalue weighted by Gasteiger charge is 2.09. The predicted molar refractivity (Wildman–Crippen MR) is 113 cm³/mol. The third-order valence-corrected chi connectivity index (χ3v) is 5.27. The highest BCUT2D eigenvalue weighted by molar-refractivity contribution is 7.99. The molecule has 1 N–H and O–H groups in total. The maximum absolute atomic E-state index is 12.2. The molecule has 1 aromatic heterocycles. The second kappa shape index (κ2) is 8.89. The highest BCUT2D eigenvalue weighted by atomic mass is 32.2. The molecule has 1 amide bonds. The van der Waals surface area contributed by atoms with Crippen molar-refractivity contribution in [3.05, 3.63) is 59.7 Å². The standard InChI is InChI=1S/C22H22N2O3S/c1-14-13-21(24-22-18(14)5-4-6-19(22)27-3)28-12-11-20(26)23-17-9-7-16(8-10-17)15(2)25/h4-10,13H,11-12H2,1-3H3,(H,23,26). The highest BCUT2D eigenvalue weighted by Crippen LogP contribution is 2.29. The van der Waals surface area contributed by atoms with Crippen molar-refractivity contribution in [1.82, 2.24) is 4.98 Å². The molecule has 0 atom stereocenters. The number of hydrogen-bond acceptors (Lipinski definition) is 5. The fraction of sp³-hybridized carbons (Fsp3) is 0.227. The number of methoxy groups -OCH3 is 1. The first-order valence-electron chi connectivity index (χ1n) is 8.96. The zero-order valence-corrected chi connectivity index (χ0v) is 16.9. The Kier molecular flexibility index (Phi) is 6.31. The van der Waals surface area contributed by atoms with Gasteiger partial charge in [0, 0.05) is 28.8 Å². The van der Waals surface area contributed by atoms with Gasteiger partial charge < -0.3 is 10.1 Å². The number of rotatable bonds is 7. The second-order valence-corrected chi connectivity index (χ2v) is 7.53. The van der Waals surface area contributed by atoms with Crippen LogP contribution in [0, 0.1) is 6.92 Å². The van der Waals surface area contributed by atoms with Crippen LogP contribution in [0.2, 0.25) is 0 Å². The van der Waals surface area contributed by atoms with Gasteiger partial charge in [0.15, 0.2) is 5.78 Å². The second-order valence-electron chi connectivity index (χ2n) is 6.41. The summed E-state index contributed by atoms with van der Waals surface area (Å²) < 4.78 is 5.41. The van der Waals surface area contributed by atoms with Gasteiger partial charge in [0.25, 0.3) is 0 Å². The number of nitrogens with one attached hydrogen (secondary N) is 1. The normalized spacial score (nSPS) is 10.7. The van der Waals surface area contributed by atoms with Crippen molar-refractivity contribution >= 4 is 40.0 Å². The number of para-hydroxylation sites is 1. The van der Waals surface area contributed by atoms with E-state index in [0.29, 0.717) is 23.4 Å². The third kappa shape index (κ3) is 4.70. The number of pyridine rings is 1. The molecule has 0 saturated heterocycles. The molecule has 3 aromatic rings. The number of hydrogen-bond donors (Lipinski definition) is 1. The SMILES string of the molecule is COc1cccc2c(C)cc(SCCC(=O)Nc3ccc(C(C)=O)cc3)nc12. The van der Waals surface area contributed by atoms with Gasteiger partial charge in [-0.05, 0) is 55.8 Å². The summed E-state index contributed by atoms with van der Waals surface area (Å²) >= 11 is 1.54. The van der Waals surface area contributed by atoms with Crippen LogP contribution in [0.4, 0.5) is 5.69 Å². The van der Waals surface area contributed by atoms with E-state index in [1.807, 2.05) is 31.2 Å². The molecule has 3 rings (SSSR count). The lowest BCUT2D eigenvalue weighted by atomic mass is 10.1. The van der Waals surface area contributed by atoms with Crippen molar-refractivity contribution in [2.45, 2.75) is 25.3 Å². The fourth-order valence-electron chi connectivity index (χ4n) is 2.86. The number of amides is 1. The molecule has 6 heteroatoms. The summed E-state index contributed by atoms with van der Waals surface area (Å²) in [7, 11) is 1.64. The number of carbonyl (C=O) groups is 2. The van der Waals surface area contributed by atoms with Crippen molar-refractivity contribution < 1.29 is 14.3 Å². The van der Waals surface area contributed by atoms with E-state index >= 15 is 0 Å². The van der Waals surface area contributed by atoms with E-state index in [0.717, 1.165) is 27.2 Å². The van der Waals surface area contributed by atoms with Gasteiger partial charge in [-0.2, -0.15) is 0 Å². The number of fused-ring (bicyclic) bond motifs is 1. The van der Waals surface area contributed by atoms with Crippen LogP contribution in [0.15, 0.2) is 53.6 Å². The lowest BCUT2D eigenvalue weighted by Crippen LogP contribution is -2.12. The Morgan fingerprint density at radius 1 is 1.14 bits per heavy atom. The number of aromatic nitrogens is 1. The molecule has 2 aromatic carbocycles. The molecule has 5 nitrogen and oxygen atoms in total. The summed E-state index contributed by atoms with van der Waals surface area (Å²) in [4.78, 5) is 28.2. The molecule has 0 fully saturated rings. The van der Waals surface area contributed by atoms with E-state index in [-0.39, 0.29) is 11.7 Å². The molecule has 0 aliphatic carbocycles. The van der Waals surface area contributed by atoms with Crippen molar-refractivity contribution in [3.63, 3.8) is 0 Å². The lowest BCUT2D eigenvalue weighted by Gasteiger charge is -2.09. The first-order chi connectivity index (χ1) is 13.5. The van der Waals surface area contributed by atoms with Gasteiger partial charge in [-0.1, -0.05) is 12.1 Å². The quantitative estimate of drug-likeness (QED) is 0.457. The van der Waals surface area contributed by atoms with Crippen molar-refractivity contribution in [3.8, 4) is 5.75 Å². The van der Waals surface area contributed by atoms with Crippen LogP contribution in [-0.2, 0) is 4.79 Å². The van der Waals surface area contributed by atoms with Crippen LogP contribution in [0.1, 0.15) is 29.3 Å². The van der Waals surface area contributed by atoms with E-state index in [1.165, 1.54) is 6.92 Å². The van der Waals surface area contributed by atoms with Gasteiger partial charge >= 0.3 is 0 Å². The molecule has 0 saturated carbocycles. The van der Waals surface area contributed by atoms with Crippen LogP contribution >= 0.6 is 11.8 Å². The summed E-state index contributed by atoms with van der Waals surface area (Å²) in [6.07, 6.45) is 0.365. The van der Waals surface area contributed by atoms with Gasteiger partial charge in [0.05, 0.1) is 12.1 Å². The van der Waals surface area contributed by atoms with Gasteiger partial charge in [0.1, 0.15) is 11.3 Å². The zero-order chi connectivity index (χ0) is 20.1. The Morgan fingerprint density at radius 2 is 1.89 bits per heavy atom. The lowest BCUT2D eigenvalue weighted by molar-refractivity contribution is -0.115. The third-order valence-electron chi connectivity index (χ3n) is 4.36. The number of ether oxygens (including phenoxy) is 1. The van der Waals surface area contributed by atoms with Gasteiger partial charge in [-0.3, -0.25) is 9.59 Å². The first kappa shape index (κ1) is 19.9. The number of Topliss-reactive ketones (excluding diaryl/α,β-unsaturated/α-hetero) is 1. The van der Waals surface area contributed by atoms with E-state index in [9.17, 15) is 9.59 Å². The van der Waals surface area contributed by atoms with Gasteiger partial charge in [-0.15, -0.1) is 11.8 Å². The fourth-order valence-corrected chi connectivity index (χ4v) is 3.77. The zero-order valence-electron chi connectivity index (χ0n) is 16.1. The van der Waals surface area contributed by atoms with Gasteiger partial charge in [-0.25, -0.2) is 4.98 Å². The monoisotopic (exact) mass is 394 g/mol. The Balaban J connectivity index is 1.60. The molecular formula is C22H22N2O3S. The Hall–Kier alpha value is -2.86. The smallest absolute Gasteiger partial charge is 0.225 e. The average molecular weight is 394 g/mol. The van der Waals surface area contributed by atoms with Crippen LogP contribution in [0.5, 0.6) is 5.75 Å². The maximum Gasteiger partial charge on any atom is 0.225 e. The number of thioether (sulfide) groups is 1. The van der Waals surface area contributed by atoms with Crippen molar-refractivity contribution in [1.29, 1.82) is 0 Å². The number of carbonyl (C=O) groups excluding carboxylic acids is 2. The minimum Gasteiger partial charge on any atom is -0.494 e. The predicted octanol–water partition coefficient (Wildman–Crippen LogP) is 4.88. The molecule has 0 unspecified atom stereocenters. The van der Waals surface area contributed by atoms with E-state index in [2.05, 4.69) is 10.3 Å². The molecular weight excluding hydrogens is 372 g/mol. The van der Waals surface area contributed by atoms with Crippen LogP contribution in [0.3, 0.4) is 0 Å². The van der Waals surface area contributed by atoms with Crippen molar-refractivity contribution in [2.75, 3.05) is 18.2 Å². The van der Waals surface area contributed by atoms with E-state index < -0.39 is 0 Å². The number of aryl methyl sites for hydroxylation is 1. The summed E-state index contributed by atoms with van der Waals surface area (Å²) in [6, 6.07) is 14.8. The summed E-state index contributed by atoms with van der Waals surface area (Å²) in [5.41, 5.74) is 3.27. The molecule has 1 heterocycles. The number of anilines is 1. The Labute approximate surface area is 168 Å². The minimum absolute atomic E-state index is 0.00378. The largest absolute Gasteiger partial charge is 0.494 e.